The molecule has 110 valence electrons. The molecule has 0 unspecified atom stereocenters. The number of carboxylic acid groups (broad SMARTS) is 1. The van der Waals surface area contributed by atoms with Crippen LogP contribution in [0.3, 0.4) is 0 Å². The number of anilines is 1. The van der Waals surface area contributed by atoms with Crippen LogP contribution in [0.2, 0.25) is 0 Å². The van der Waals surface area contributed by atoms with E-state index in [2.05, 4.69) is 21.2 Å². The molecule has 0 saturated heterocycles. The van der Waals surface area contributed by atoms with Gasteiger partial charge in [0.2, 0.25) is 0 Å². The standard InChI is InChI=1S/C15H9BrN2O3S/c16-13-6-9(8-22-13)5-11(7-17)14(19)18-12-3-1-10(2-4-12)15(20)21/h1-6,8H,(H,18,19)(H,20,21)/b11-5-. The van der Waals surface area contributed by atoms with Crippen molar-refractivity contribution in [3.8, 4) is 6.07 Å². The van der Waals surface area contributed by atoms with E-state index in [9.17, 15) is 9.59 Å². The van der Waals surface area contributed by atoms with Crippen molar-refractivity contribution in [2.24, 2.45) is 0 Å². The summed E-state index contributed by atoms with van der Waals surface area (Å²) in [5.41, 5.74) is 1.26. The molecule has 7 heteroatoms. The van der Waals surface area contributed by atoms with Crippen molar-refractivity contribution < 1.29 is 14.7 Å². The van der Waals surface area contributed by atoms with Gasteiger partial charge in [-0.05, 0) is 63.3 Å². The monoisotopic (exact) mass is 376 g/mol. The van der Waals surface area contributed by atoms with Crippen LogP contribution in [0.15, 0.2) is 45.1 Å². The van der Waals surface area contributed by atoms with Crippen LogP contribution in [-0.2, 0) is 4.79 Å². The molecule has 22 heavy (non-hydrogen) atoms. The predicted octanol–water partition coefficient (Wildman–Crippen LogP) is 3.75. The van der Waals surface area contributed by atoms with Crippen molar-refractivity contribution in [3.63, 3.8) is 0 Å². The number of halogens is 1. The van der Waals surface area contributed by atoms with E-state index in [-0.39, 0.29) is 11.1 Å². The predicted molar refractivity (Wildman–Crippen MR) is 87.6 cm³/mol. The van der Waals surface area contributed by atoms with E-state index in [0.717, 1.165) is 9.35 Å². The molecule has 5 nitrogen and oxygen atoms in total. The average molecular weight is 377 g/mol. The summed E-state index contributed by atoms with van der Waals surface area (Å²) in [6.45, 7) is 0. The summed E-state index contributed by atoms with van der Waals surface area (Å²) >= 11 is 4.76. The topological polar surface area (TPSA) is 90.2 Å². The van der Waals surface area contributed by atoms with Crippen molar-refractivity contribution in [1.82, 2.24) is 0 Å². The number of carboxylic acids is 1. The molecule has 2 rings (SSSR count). The van der Waals surface area contributed by atoms with Gasteiger partial charge >= 0.3 is 5.97 Å². The highest BCUT2D eigenvalue weighted by molar-refractivity contribution is 9.11. The Bertz CT molecular complexity index is 788. The van der Waals surface area contributed by atoms with Gasteiger partial charge < -0.3 is 10.4 Å². The highest BCUT2D eigenvalue weighted by Gasteiger charge is 2.10. The molecule has 0 aliphatic heterocycles. The first-order chi connectivity index (χ1) is 10.5. The Morgan fingerprint density at radius 3 is 2.50 bits per heavy atom. The van der Waals surface area contributed by atoms with Crippen LogP contribution in [0, 0.1) is 11.3 Å². The van der Waals surface area contributed by atoms with E-state index in [1.54, 1.807) is 6.07 Å². The Morgan fingerprint density at radius 2 is 2.00 bits per heavy atom. The van der Waals surface area contributed by atoms with Crippen LogP contribution in [0.1, 0.15) is 15.9 Å². The summed E-state index contributed by atoms with van der Waals surface area (Å²) in [5, 5.41) is 22.3. The van der Waals surface area contributed by atoms with Crippen molar-refractivity contribution in [3.05, 3.63) is 56.2 Å². The molecule has 0 radical (unpaired) electrons. The number of carbonyl (C=O) groups is 2. The largest absolute Gasteiger partial charge is 0.478 e. The van der Waals surface area contributed by atoms with Gasteiger partial charge in [0.25, 0.3) is 5.91 Å². The molecular formula is C15H9BrN2O3S. The average Bonchev–Trinajstić information content (AvgIpc) is 2.90. The fourth-order valence-corrected chi connectivity index (χ4v) is 2.74. The molecule has 1 amide bonds. The van der Waals surface area contributed by atoms with Crippen molar-refractivity contribution in [2.45, 2.75) is 0 Å². The third-order valence-corrected chi connectivity index (χ3v) is 4.18. The number of amides is 1. The van der Waals surface area contributed by atoms with E-state index in [4.69, 9.17) is 10.4 Å². The van der Waals surface area contributed by atoms with Crippen molar-refractivity contribution in [1.29, 1.82) is 5.26 Å². The molecule has 1 heterocycles. The van der Waals surface area contributed by atoms with Gasteiger partial charge in [-0.2, -0.15) is 5.26 Å². The number of rotatable bonds is 4. The number of thiophene rings is 1. The lowest BCUT2D eigenvalue weighted by atomic mass is 10.1. The van der Waals surface area contributed by atoms with E-state index < -0.39 is 11.9 Å². The third-order valence-electron chi connectivity index (χ3n) is 2.65. The van der Waals surface area contributed by atoms with Gasteiger partial charge in [0.1, 0.15) is 11.6 Å². The minimum Gasteiger partial charge on any atom is -0.478 e. The summed E-state index contributed by atoms with van der Waals surface area (Å²) < 4.78 is 0.903. The zero-order valence-corrected chi connectivity index (χ0v) is 13.4. The lowest BCUT2D eigenvalue weighted by Gasteiger charge is -2.04. The number of nitrogens with one attached hydrogen (secondary N) is 1. The Kier molecular flexibility index (Phi) is 5.09. The Hall–Kier alpha value is -2.43. The molecule has 0 aliphatic rings. The maximum absolute atomic E-state index is 12.0. The number of nitrogens with zero attached hydrogens (tertiary/aromatic N) is 1. The second-order valence-corrected chi connectivity index (χ2v) is 6.48. The Balaban J connectivity index is 2.14. The van der Waals surface area contributed by atoms with E-state index >= 15 is 0 Å². The lowest BCUT2D eigenvalue weighted by molar-refractivity contribution is -0.112. The Morgan fingerprint density at radius 1 is 1.32 bits per heavy atom. The molecule has 0 aliphatic carbocycles. The highest BCUT2D eigenvalue weighted by Crippen LogP contribution is 2.22. The number of aromatic carboxylic acids is 1. The first-order valence-electron chi connectivity index (χ1n) is 6.00. The molecule has 0 spiro atoms. The number of hydrogen-bond acceptors (Lipinski definition) is 4. The van der Waals surface area contributed by atoms with Gasteiger partial charge in [-0.15, -0.1) is 11.3 Å². The van der Waals surface area contributed by atoms with Gasteiger partial charge in [-0.1, -0.05) is 0 Å². The van der Waals surface area contributed by atoms with Gasteiger partial charge in [0.15, 0.2) is 0 Å². The van der Waals surface area contributed by atoms with Crippen LogP contribution in [0.4, 0.5) is 5.69 Å². The Labute approximate surface area is 138 Å². The van der Waals surface area contributed by atoms with Crippen LogP contribution in [-0.4, -0.2) is 17.0 Å². The molecule has 1 aromatic carbocycles. The number of hydrogen-bond donors (Lipinski definition) is 2. The second-order valence-electron chi connectivity index (χ2n) is 4.19. The van der Waals surface area contributed by atoms with E-state index in [1.165, 1.54) is 41.7 Å². The molecule has 0 bridgehead atoms. The summed E-state index contributed by atoms with van der Waals surface area (Å²) in [6.07, 6.45) is 1.49. The number of nitriles is 1. The first-order valence-corrected chi connectivity index (χ1v) is 7.67. The third kappa shape index (κ3) is 4.04. The van der Waals surface area contributed by atoms with Crippen molar-refractivity contribution in [2.75, 3.05) is 5.32 Å². The SMILES string of the molecule is N#C/C(=C/c1csc(Br)c1)C(=O)Nc1ccc(C(=O)O)cc1. The quantitative estimate of drug-likeness (QED) is 0.627. The number of benzene rings is 1. The summed E-state index contributed by atoms with van der Waals surface area (Å²) in [6, 6.07) is 9.35. The number of carbonyl (C=O) groups excluding carboxylic acids is 1. The molecule has 0 atom stereocenters. The molecule has 0 saturated carbocycles. The smallest absolute Gasteiger partial charge is 0.335 e. The minimum absolute atomic E-state index is 0.0346. The van der Waals surface area contributed by atoms with Crippen LogP contribution >= 0.6 is 27.3 Å². The molecular weight excluding hydrogens is 368 g/mol. The van der Waals surface area contributed by atoms with E-state index in [1.807, 2.05) is 11.4 Å². The molecule has 0 fully saturated rings. The lowest BCUT2D eigenvalue weighted by Crippen LogP contribution is -2.13. The molecule has 2 aromatic rings. The van der Waals surface area contributed by atoms with Gasteiger partial charge in [0, 0.05) is 5.69 Å². The van der Waals surface area contributed by atoms with Gasteiger partial charge in [-0.25, -0.2) is 4.79 Å². The summed E-state index contributed by atoms with van der Waals surface area (Å²) in [7, 11) is 0. The van der Waals surface area contributed by atoms with Crippen molar-refractivity contribution >= 4 is 50.9 Å². The fraction of sp³-hybridized carbons (Fsp3) is 0. The second kappa shape index (κ2) is 7.02. The molecule has 2 N–H and O–H groups in total. The summed E-state index contributed by atoms with van der Waals surface area (Å²) in [5.74, 6) is -1.59. The first kappa shape index (κ1) is 15.9. The fourth-order valence-electron chi connectivity index (χ4n) is 1.61. The zero-order valence-electron chi connectivity index (χ0n) is 11.0. The van der Waals surface area contributed by atoms with Crippen LogP contribution < -0.4 is 5.32 Å². The van der Waals surface area contributed by atoms with Gasteiger partial charge in [-0.3, -0.25) is 4.79 Å². The maximum Gasteiger partial charge on any atom is 0.335 e. The van der Waals surface area contributed by atoms with Crippen LogP contribution in [0.25, 0.3) is 6.08 Å². The van der Waals surface area contributed by atoms with Gasteiger partial charge in [0.05, 0.1) is 9.35 Å². The normalized spacial score (nSPS) is 10.8. The zero-order chi connectivity index (χ0) is 16.1. The van der Waals surface area contributed by atoms with Crippen LogP contribution in [0.5, 0.6) is 0 Å². The summed E-state index contributed by atoms with van der Waals surface area (Å²) in [4.78, 5) is 22.8. The maximum atomic E-state index is 12.0. The minimum atomic E-state index is -1.04. The molecule has 1 aromatic heterocycles. The van der Waals surface area contributed by atoms with E-state index in [0.29, 0.717) is 5.69 Å². The highest BCUT2D eigenvalue weighted by atomic mass is 79.9.